The van der Waals surface area contributed by atoms with E-state index in [1.54, 1.807) is 0 Å². The summed E-state index contributed by atoms with van der Waals surface area (Å²) in [5, 5.41) is 4.16. The van der Waals surface area contributed by atoms with Gasteiger partial charge in [-0.05, 0) is 5.56 Å². The van der Waals surface area contributed by atoms with Crippen molar-refractivity contribution in [2.24, 2.45) is 5.10 Å². The van der Waals surface area contributed by atoms with Crippen molar-refractivity contribution in [3.05, 3.63) is 71.7 Å². The Morgan fingerprint density at radius 1 is 1.00 bits per heavy atom. The Balaban J connectivity index is 0.00000180. The van der Waals surface area contributed by atoms with E-state index in [2.05, 4.69) is 10.5 Å². The van der Waals surface area contributed by atoms with E-state index in [9.17, 15) is 4.79 Å². The first-order valence-electron chi connectivity index (χ1n) is 5.72. The zero-order valence-corrected chi connectivity index (χ0v) is 10.9. The molecule has 0 unspecified atom stereocenters. The van der Waals surface area contributed by atoms with Crippen molar-refractivity contribution in [3.63, 3.8) is 0 Å². The molecule has 0 aliphatic carbocycles. The molecule has 4 heteroatoms. The number of aldehydes is 1. The molecule has 0 saturated heterocycles. The van der Waals surface area contributed by atoms with Crippen LogP contribution < -0.4 is 18.9 Å². The minimum atomic E-state index is 0. The molecule has 0 fully saturated rings. The van der Waals surface area contributed by atoms with Gasteiger partial charge >= 0.3 is 18.9 Å². The zero-order chi connectivity index (χ0) is 12.6. The number of nitrogens with zero attached hydrogens (tertiary/aromatic N) is 2. The first-order valence-corrected chi connectivity index (χ1v) is 5.72. The Morgan fingerprint density at radius 2 is 1.58 bits per heavy atom. The molecule has 3 nitrogen and oxygen atoms in total. The summed E-state index contributed by atoms with van der Waals surface area (Å²) in [6.45, 7) is 0. The Bertz CT molecular complexity index is 526. The van der Waals surface area contributed by atoms with Gasteiger partial charge in [0.2, 0.25) is 0 Å². The summed E-state index contributed by atoms with van der Waals surface area (Å²) in [5.41, 5.74) is 6.50. The maximum Gasteiger partial charge on any atom is 1.00 e. The summed E-state index contributed by atoms with van der Waals surface area (Å²) in [5.74, 6) is 0. The Kier molecular flexibility index (Phi) is 6.66. The van der Waals surface area contributed by atoms with E-state index in [1.165, 1.54) is 0 Å². The van der Waals surface area contributed by atoms with Crippen LogP contribution in [0.4, 0.5) is 5.69 Å². The van der Waals surface area contributed by atoms with Gasteiger partial charge in [-0.1, -0.05) is 60.7 Å². The predicted molar refractivity (Wildman–Crippen MR) is 73.1 cm³/mol. The monoisotopic (exact) mass is 244 g/mol. The van der Waals surface area contributed by atoms with E-state index in [-0.39, 0.29) is 25.3 Å². The summed E-state index contributed by atoms with van der Waals surface area (Å²) < 4.78 is 0. The van der Waals surface area contributed by atoms with Crippen LogP contribution in [-0.4, -0.2) is 12.0 Å². The van der Waals surface area contributed by atoms with Crippen molar-refractivity contribution < 1.29 is 23.7 Å². The summed E-state index contributed by atoms with van der Waals surface area (Å²) in [7, 11) is 0. The van der Waals surface area contributed by atoms with Crippen molar-refractivity contribution in [3.8, 4) is 0 Å². The van der Waals surface area contributed by atoms with Crippen LogP contribution in [0.3, 0.4) is 0 Å². The molecule has 2 rings (SSSR count). The molecule has 19 heavy (non-hydrogen) atoms. The molecular weight excluding hydrogens is 231 g/mol. The quantitative estimate of drug-likeness (QED) is 0.330. The standard InChI is InChI=1S/C15H13N2O.Li/c18-12-11-15(13-7-3-1-4-8-13)17-16-14-9-5-2-6-10-14;/h1-10,12H,11H2;/q-1;+1/b17-15+;. The smallest absolute Gasteiger partial charge is 0.575 e. The van der Waals surface area contributed by atoms with Crippen molar-refractivity contribution in [2.45, 2.75) is 6.42 Å². The Morgan fingerprint density at radius 3 is 2.16 bits per heavy atom. The second-order valence-electron chi connectivity index (χ2n) is 3.72. The van der Waals surface area contributed by atoms with Gasteiger partial charge in [0, 0.05) is 12.1 Å². The number of carbonyl (C=O) groups is 1. The van der Waals surface area contributed by atoms with Gasteiger partial charge in [-0.2, -0.15) is 0 Å². The zero-order valence-electron chi connectivity index (χ0n) is 10.9. The van der Waals surface area contributed by atoms with E-state index in [0.29, 0.717) is 5.71 Å². The molecule has 0 aromatic heterocycles. The van der Waals surface area contributed by atoms with Gasteiger partial charge < -0.3 is 15.3 Å². The van der Waals surface area contributed by atoms with E-state index >= 15 is 0 Å². The molecule has 0 amide bonds. The third kappa shape index (κ3) is 4.75. The molecular formula is C15H13LiN2O. The minimum absolute atomic E-state index is 0. The van der Waals surface area contributed by atoms with Gasteiger partial charge in [-0.3, -0.25) is 0 Å². The van der Waals surface area contributed by atoms with Crippen LogP contribution in [-0.2, 0) is 4.79 Å². The van der Waals surface area contributed by atoms with E-state index in [0.717, 1.165) is 17.5 Å². The van der Waals surface area contributed by atoms with Gasteiger partial charge in [0.25, 0.3) is 0 Å². The van der Waals surface area contributed by atoms with Gasteiger partial charge in [-0.15, -0.1) is 5.69 Å². The summed E-state index contributed by atoms with van der Waals surface area (Å²) in [6, 6.07) is 19.1. The van der Waals surface area contributed by atoms with Crippen molar-refractivity contribution in [1.82, 2.24) is 0 Å². The summed E-state index contributed by atoms with van der Waals surface area (Å²) in [6.07, 6.45) is 1.10. The molecule has 0 atom stereocenters. The third-order valence-corrected chi connectivity index (χ3v) is 2.43. The molecule has 0 heterocycles. The SMILES string of the molecule is O=CC/C(=N\[N-]c1ccccc1)c1ccccc1.[Li+]. The molecule has 0 aliphatic heterocycles. The molecule has 90 valence electrons. The van der Waals surface area contributed by atoms with E-state index in [4.69, 9.17) is 0 Å². The maximum absolute atomic E-state index is 10.7. The van der Waals surface area contributed by atoms with Crippen LogP contribution in [0.15, 0.2) is 65.8 Å². The fourth-order valence-corrected chi connectivity index (χ4v) is 1.54. The fraction of sp³-hybridized carbons (Fsp3) is 0.0667. The molecule has 2 aromatic rings. The Labute approximate surface area is 124 Å². The molecule has 0 bridgehead atoms. The molecule has 0 N–H and O–H groups in total. The second kappa shape index (κ2) is 8.31. The molecule has 2 aromatic carbocycles. The van der Waals surface area contributed by atoms with E-state index < -0.39 is 0 Å². The van der Waals surface area contributed by atoms with Crippen LogP contribution in [0.2, 0.25) is 0 Å². The largest absolute Gasteiger partial charge is 1.00 e. The molecule has 0 aliphatic rings. The summed E-state index contributed by atoms with van der Waals surface area (Å²) >= 11 is 0. The number of rotatable bonds is 5. The first kappa shape index (κ1) is 15.2. The van der Waals surface area contributed by atoms with Crippen LogP contribution in [0.5, 0.6) is 0 Å². The molecule has 0 spiro atoms. The van der Waals surface area contributed by atoms with Gasteiger partial charge in [0.1, 0.15) is 6.29 Å². The van der Waals surface area contributed by atoms with Gasteiger partial charge in [-0.25, -0.2) is 0 Å². The summed E-state index contributed by atoms with van der Waals surface area (Å²) in [4.78, 5) is 10.7. The van der Waals surface area contributed by atoms with Crippen molar-refractivity contribution >= 4 is 17.7 Å². The number of hydrogen-bond donors (Lipinski definition) is 0. The van der Waals surface area contributed by atoms with Crippen molar-refractivity contribution in [2.75, 3.05) is 0 Å². The normalized spacial score (nSPS) is 10.4. The van der Waals surface area contributed by atoms with Gasteiger partial charge in [0.05, 0.1) is 0 Å². The average molecular weight is 244 g/mol. The number of carbonyl (C=O) groups excluding carboxylic acids is 1. The second-order valence-corrected chi connectivity index (χ2v) is 3.72. The molecule has 0 radical (unpaired) electrons. The fourth-order valence-electron chi connectivity index (χ4n) is 1.54. The number of benzene rings is 2. The van der Waals surface area contributed by atoms with Crippen molar-refractivity contribution in [1.29, 1.82) is 0 Å². The van der Waals surface area contributed by atoms with Gasteiger partial charge in [0.15, 0.2) is 0 Å². The van der Waals surface area contributed by atoms with Crippen LogP contribution in [0, 0.1) is 0 Å². The minimum Gasteiger partial charge on any atom is -0.575 e. The third-order valence-electron chi connectivity index (χ3n) is 2.43. The average Bonchev–Trinajstić information content (AvgIpc) is 2.45. The maximum atomic E-state index is 10.7. The van der Waals surface area contributed by atoms with E-state index in [1.807, 2.05) is 60.7 Å². The predicted octanol–water partition coefficient (Wildman–Crippen LogP) is 0.689. The van der Waals surface area contributed by atoms with Crippen LogP contribution in [0.25, 0.3) is 5.43 Å². The van der Waals surface area contributed by atoms with Crippen LogP contribution >= 0.6 is 0 Å². The van der Waals surface area contributed by atoms with Crippen LogP contribution in [0.1, 0.15) is 12.0 Å². The molecule has 0 saturated carbocycles. The topological polar surface area (TPSA) is 43.5 Å². The number of hydrogen-bond acceptors (Lipinski definition) is 2. The first-order chi connectivity index (χ1) is 8.90. The Hall–Kier alpha value is -1.82.